The summed E-state index contributed by atoms with van der Waals surface area (Å²) in [4.78, 5) is 29.7. The lowest BCUT2D eigenvalue weighted by Gasteiger charge is -2.36. The van der Waals surface area contributed by atoms with E-state index in [9.17, 15) is 9.59 Å². The number of piperidine rings is 1. The highest BCUT2D eigenvalue weighted by Crippen LogP contribution is 2.23. The average Bonchev–Trinajstić information content (AvgIpc) is 3.38. The largest absolute Gasteiger partial charge is 0.459 e. The summed E-state index contributed by atoms with van der Waals surface area (Å²) in [5, 5.41) is 3.11. The van der Waals surface area contributed by atoms with Crippen LogP contribution in [-0.4, -0.2) is 42.9 Å². The van der Waals surface area contributed by atoms with E-state index in [0.717, 1.165) is 19.5 Å². The Hall–Kier alpha value is -3.38. The summed E-state index contributed by atoms with van der Waals surface area (Å²) in [6.45, 7) is 2.50. The third-order valence-corrected chi connectivity index (χ3v) is 6.02. The van der Waals surface area contributed by atoms with E-state index in [4.69, 9.17) is 4.42 Å². The molecule has 1 aliphatic rings. The molecule has 1 fully saturated rings. The first kappa shape index (κ1) is 21.8. The van der Waals surface area contributed by atoms with Crippen LogP contribution in [0.1, 0.15) is 45.7 Å². The molecular formula is C26H29N3O3. The molecule has 1 atom stereocenters. The van der Waals surface area contributed by atoms with E-state index in [-0.39, 0.29) is 17.6 Å². The Balaban J connectivity index is 1.43. The molecule has 1 saturated heterocycles. The van der Waals surface area contributed by atoms with Crippen LogP contribution in [0.4, 0.5) is 5.69 Å². The number of rotatable bonds is 7. The number of carbonyl (C=O) groups excluding carboxylic acids is 2. The summed E-state index contributed by atoms with van der Waals surface area (Å²) >= 11 is 0. The highest BCUT2D eigenvalue weighted by atomic mass is 16.3. The Morgan fingerprint density at radius 1 is 1.03 bits per heavy atom. The molecule has 6 heteroatoms. The molecule has 166 valence electrons. The minimum Gasteiger partial charge on any atom is -0.459 e. The molecule has 1 aliphatic heterocycles. The van der Waals surface area contributed by atoms with Gasteiger partial charge in [-0.15, -0.1) is 0 Å². The SMILES string of the molecule is CN(C(=O)c1ccco1)c1ccccc1C(=O)NCC1CCCCN1Cc1ccccc1. The van der Waals surface area contributed by atoms with Gasteiger partial charge in [-0.1, -0.05) is 48.9 Å². The predicted molar refractivity (Wildman–Crippen MR) is 125 cm³/mol. The third kappa shape index (κ3) is 5.08. The van der Waals surface area contributed by atoms with Crippen molar-refractivity contribution in [2.75, 3.05) is 25.0 Å². The predicted octanol–water partition coefficient (Wildman–Crippen LogP) is 4.34. The summed E-state index contributed by atoms with van der Waals surface area (Å²) in [6, 6.07) is 21.2. The van der Waals surface area contributed by atoms with Crippen LogP contribution < -0.4 is 10.2 Å². The molecule has 0 radical (unpaired) electrons. The Bertz CT molecular complexity index is 1030. The van der Waals surface area contributed by atoms with Crippen molar-refractivity contribution in [3.8, 4) is 0 Å². The molecule has 32 heavy (non-hydrogen) atoms. The topological polar surface area (TPSA) is 65.8 Å². The van der Waals surface area contributed by atoms with Crippen molar-refractivity contribution in [3.63, 3.8) is 0 Å². The number of benzene rings is 2. The van der Waals surface area contributed by atoms with Gasteiger partial charge in [0, 0.05) is 26.2 Å². The van der Waals surface area contributed by atoms with Crippen LogP contribution in [0.25, 0.3) is 0 Å². The highest BCUT2D eigenvalue weighted by Gasteiger charge is 2.25. The lowest BCUT2D eigenvalue weighted by atomic mass is 10.0. The zero-order valence-corrected chi connectivity index (χ0v) is 18.4. The maximum atomic E-state index is 13.1. The van der Waals surface area contributed by atoms with Gasteiger partial charge in [0.25, 0.3) is 11.8 Å². The molecule has 0 bridgehead atoms. The number of carbonyl (C=O) groups is 2. The van der Waals surface area contributed by atoms with E-state index in [0.29, 0.717) is 23.8 Å². The molecule has 1 unspecified atom stereocenters. The van der Waals surface area contributed by atoms with Crippen molar-refractivity contribution in [2.45, 2.75) is 31.8 Å². The highest BCUT2D eigenvalue weighted by molar-refractivity contribution is 6.09. The fourth-order valence-electron chi connectivity index (χ4n) is 4.26. The summed E-state index contributed by atoms with van der Waals surface area (Å²) < 4.78 is 5.23. The fraction of sp³-hybridized carbons (Fsp3) is 0.308. The monoisotopic (exact) mass is 431 g/mol. The number of anilines is 1. The smallest absolute Gasteiger partial charge is 0.293 e. The molecule has 2 heterocycles. The zero-order valence-electron chi connectivity index (χ0n) is 18.4. The van der Waals surface area contributed by atoms with Gasteiger partial charge in [-0.05, 0) is 49.2 Å². The first-order valence-corrected chi connectivity index (χ1v) is 11.1. The second-order valence-corrected chi connectivity index (χ2v) is 8.17. The molecule has 1 N–H and O–H groups in total. The number of likely N-dealkylation sites (tertiary alicyclic amines) is 1. The third-order valence-electron chi connectivity index (χ3n) is 6.02. The van der Waals surface area contributed by atoms with Gasteiger partial charge >= 0.3 is 0 Å². The molecule has 0 spiro atoms. The van der Waals surface area contributed by atoms with Gasteiger partial charge in [0.15, 0.2) is 5.76 Å². The van der Waals surface area contributed by atoms with Gasteiger partial charge in [0.2, 0.25) is 0 Å². The van der Waals surface area contributed by atoms with Crippen LogP contribution in [0, 0.1) is 0 Å². The normalized spacial score (nSPS) is 16.5. The van der Waals surface area contributed by atoms with Crippen molar-refractivity contribution in [1.82, 2.24) is 10.2 Å². The van der Waals surface area contributed by atoms with Crippen LogP contribution in [0.5, 0.6) is 0 Å². The number of nitrogens with zero attached hydrogens (tertiary/aromatic N) is 2. The average molecular weight is 432 g/mol. The molecule has 0 saturated carbocycles. The lowest BCUT2D eigenvalue weighted by molar-refractivity contribution is 0.0908. The van der Waals surface area contributed by atoms with Crippen molar-refractivity contribution in [2.24, 2.45) is 0 Å². The van der Waals surface area contributed by atoms with Gasteiger partial charge in [-0.2, -0.15) is 0 Å². The van der Waals surface area contributed by atoms with E-state index >= 15 is 0 Å². The van der Waals surface area contributed by atoms with E-state index in [1.165, 1.54) is 29.6 Å². The summed E-state index contributed by atoms with van der Waals surface area (Å²) in [5.41, 5.74) is 2.31. The Kier molecular flexibility index (Phi) is 7.02. The number of furan rings is 1. The van der Waals surface area contributed by atoms with Crippen molar-refractivity contribution < 1.29 is 14.0 Å². The van der Waals surface area contributed by atoms with E-state index in [1.807, 2.05) is 18.2 Å². The number of para-hydroxylation sites is 1. The number of nitrogens with one attached hydrogen (secondary N) is 1. The number of hydrogen-bond donors (Lipinski definition) is 1. The number of amides is 2. The van der Waals surface area contributed by atoms with Crippen LogP contribution >= 0.6 is 0 Å². The van der Waals surface area contributed by atoms with Crippen LogP contribution in [0.3, 0.4) is 0 Å². The van der Waals surface area contributed by atoms with Gasteiger partial charge in [0.05, 0.1) is 17.5 Å². The number of hydrogen-bond acceptors (Lipinski definition) is 4. The van der Waals surface area contributed by atoms with E-state index in [1.54, 1.807) is 31.3 Å². The van der Waals surface area contributed by atoms with Crippen molar-refractivity contribution >= 4 is 17.5 Å². The minimum atomic E-state index is -0.295. The van der Waals surface area contributed by atoms with Crippen LogP contribution in [0.15, 0.2) is 77.4 Å². The van der Waals surface area contributed by atoms with Gasteiger partial charge < -0.3 is 14.6 Å². The molecular weight excluding hydrogens is 402 g/mol. The molecule has 2 aromatic carbocycles. The Morgan fingerprint density at radius 2 is 1.81 bits per heavy atom. The van der Waals surface area contributed by atoms with Gasteiger partial charge in [-0.25, -0.2) is 0 Å². The zero-order chi connectivity index (χ0) is 22.3. The molecule has 0 aliphatic carbocycles. The molecule has 2 amide bonds. The first-order valence-electron chi connectivity index (χ1n) is 11.1. The minimum absolute atomic E-state index is 0.176. The van der Waals surface area contributed by atoms with Crippen LogP contribution in [0.2, 0.25) is 0 Å². The van der Waals surface area contributed by atoms with Gasteiger partial charge in [-0.3, -0.25) is 14.5 Å². The summed E-state index contributed by atoms with van der Waals surface area (Å²) in [5.74, 6) is -0.233. The van der Waals surface area contributed by atoms with Crippen molar-refractivity contribution in [3.05, 3.63) is 89.9 Å². The maximum Gasteiger partial charge on any atom is 0.293 e. The van der Waals surface area contributed by atoms with Gasteiger partial charge in [0.1, 0.15) is 0 Å². The quantitative estimate of drug-likeness (QED) is 0.604. The summed E-state index contributed by atoms with van der Waals surface area (Å²) in [7, 11) is 1.65. The molecule has 3 aromatic rings. The fourth-order valence-corrected chi connectivity index (χ4v) is 4.26. The van der Waals surface area contributed by atoms with E-state index in [2.05, 4.69) is 34.5 Å². The molecule has 6 nitrogen and oxygen atoms in total. The van der Waals surface area contributed by atoms with Crippen molar-refractivity contribution in [1.29, 1.82) is 0 Å². The Labute approximate surface area is 188 Å². The molecule has 1 aromatic heterocycles. The summed E-state index contributed by atoms with van der Waals surface area (Å²) in [6.07, 6.45) is 4.87. The lowest BCUT2D eigenvalue weighted by Crippen LogP contribution is -2.46. The van der Waals surface area contributed by atoms with E-state index < -0.39 is 0 Å². The first-order chi connectivity index (χ1) is 15.6. The standard InChI is InChI=1S/C26H29N3O3/c1-28(26(31)24-15-9-17-32-24)23-14-6-5-13-22(23)25(30)27-18-21-12-7-8-16-29(21)19-20-10-3-2-4-11-20/h2-6,9-11,13-15,17,21H,7-8,12,16,18-19H2,1H3,(H,27,30). The van der Waals surface area contributed by atoms with Crippen LogP contribution in [-0.2, 0) is 6.54 Å². The second-order valence-electron chi connectivity index (χ2n) is 8.17. The second kappa shape index (κ2) is 10.3. The Morgan fingerprint density at radius 3 is 2.59 bits per heavy atom. The molecule has 4 rings (SSSR count). The maximum absolute atomic E-state index is 13.1.